The molecular weight excluding hydrogens is 781 g/mol. The molecule has 0 saturated carbocycles. The summed E-state index contributed by atoms with van der Waals surface area (Å²) in [4.78, 5) is 38.0. The number of allylic oxidation sites excluding steroid dienone is 2. The van der Waals surface area contributed by atoms with Crippen LogP contribution in [-0.4, -0.2) is 37.2 Å². The molecule has 0 aromatic carbocycles. The molecule has 0 bridgehead atoms. The van der Waals surface area contributed by atoms with Gasteiger partial charge in [-0.1, -0.05) is 270 Å². The lowest BCUT2D eigenvalue weighted by Gasteiger charge is -2.18. The molecule has 6 heteroatoms. The number of carbonyl (C=O) groups is 3. The summed E-state index contributed by atoms with van der Waals surface area (Å²) in [6.45, 7) is 6.64. The Labute approximate surface area is 392 Å². The van der Waals surface area contributed by atoms with E-state index in [-0.39, 0.29) is 31.1 Å². The lowest BCUT2D eigenvalue weighted by Crippen LogP contribution is -2.30. The van der Waals surface area contributed by atoms with E-state index in [0.717, 1.165) is 64.2 Å². The van der Waals surface area contributed by atoms with Gasteiger partial charge in [0.1, 0.15) is 13.2 Å². The van der Waals surface area contributed by atoms with E-state index < -0.39 is 6.10 Å². The van der Waals surface area contributed by atoms with E-state index in [4.69, 9.17) is 14.2 Å². The number of hydrogen-bond acceptors (Lipinski definition) is 6. The van der Waals surface area contributed by atoms with Crippen molar-refractivity contribution in [3.05, 3.63) is 12.2 Å². The zero-order valence-corrected chi connectivity index (χ0v) is 42.6. The third kappa shape index (κ3) is 51.0. The second kappa shape index (κ2) is 52.8. The maximum absolute atomic E-state index is 12.8. The lowest BCUT2D eigenvalue weighted by atomic mass is 10.0. The number of esters is 3. The van der Waals surface area contributed by atoms with Crippen molar-refractivity contribution in [2.75, 3.05) is 13.2 Å². The Morgan fingerprint density at radius 3 is 0.841 bits per heavy atom. The largest absolute Gasteiger partial charge is 0.462 e. The van der Waals surface area contributed by atoms with Gasteiger partial charge in [0.15, 0.2) is 6.10 Å². The zero-order valence-electron chi connectivity index (χ0n) is 42.6. The van der Waals surface area contributed by atoms with E-state index in [1.54, 1.807) is 0 Å². The molecule has 0 aromatic heterocycles. The first-order valence-electron chi connectivity index (χ1n) is 28.2. The smallest absolute Gasteiger partial charge is 0.306 e. The van der Waals surface area contributed by atoms with Gasteiger partial charge in [0, 0.05) is 19.3 Å². The van der Waals surface area contributed by atoms with Crippen LogP contribution in [0.2, 0.25) is 0 Å². The number of ether oxygens (including phenoxy) is 3. The first-order valence-corrected chi connectivity index (χ1v) is 28.2. The molecule has 372 valence electrons. The Morgan fingerprint density at radius 1 is 0.302 bits per heavy atom. The Hall–Kier alpha value is -1.85. The van der Waals surface area contributed by atoms with Crippen molar-refractivity contribution < 1.29 is 28.6 Å². The molecule has 0 N–H and O–H groups in total. The Kier molecular flexibility index (Phi) is 51.2. The van der Waals surface area contributed by atoms with Gasteiger partial charge in [0.25, 0.3) is 0 Å². The molecule has 1 atom stereocenters. The first-order chi connectivity index (χ1) is 31.0. The van der Waals surface area contributed by atoms with Crippen molar-refractivity contribution in [1.29, 1.82) is 0 Å². The molecule has 6 nitrogen and oxygen atoms in total. The number of rotatable bonds is 52. The van der Waals surface area contributed by atoms with Gasteiger partial charge in [0.05, 0.1) is 0 Å². The summed E-state index contributed by atoms with van der Waals surface area (Å²) in [6.07, 6.45) is 59.2. The molecule has 0 rings (SSSR count). The van der Waals surface area contributed by atoms with Crippen molar-refractivity contribution in [3.63, 3.8) is 0 Å². The van der Waals surface area contributed by atoms with Crippen LogP contribution in [0.15, 0.2) is 12.2 Å². The van der Waals surface area contributed by atoms with Crippen LogP contribution in [0.3, 0.4) is 0 Å². The molecule has 0 radical (unpaired) electrons. The average molecular weight is 889 g/mol. The fourth-order valence-electron chi connectivity index (χ4n) is 8.49. The van der Waals surface area contributed by atoms with Crippen molar-refractivity contribution in [2.24, 2.45) is 0 Å². The van der Waals surface area contributed by atoms with Crippen LogP contribution in [0.4, 0.5) is 0 Å². The molecular formula is C57H108O6. The van der Waals surface area contributed by atoms with E-state index in [9.17, 15) is 14.4 Å². The number of carbonyl (C=O) groups excluding carboxylic acids is 3. The molecule has 0 spiro atoms. The summed E-state index contributed by atoms with van der Waals surface area (Å²) in [5.74, 6) is -0.856. The highest BCUT2D eigenvalue weighted by atomic mass is 16.6. The highest BCUT2D eigenvalue weighted by molar-refractivity contribution is 5.71. The standard InChI is InChI=1S/C57H108O6/c1-4-7-10-13-16-19-22-24-25-26-27-28-29-30-31-33-36-39-42-45-48-51-57(60)63-54(52-61-55(58)49-46-43-40-37-34-21-18-15-12-9-6-3)53-62-56(59)50-47-44-41-38-35-32-23-20-17-14-11-8-5-2/h15,18,54H,4-14,16-17,19-53H2,1-3H3/b18-15-/t54-/m1/s1. The molecule has 63 heavy (non-hydrogen) atoms. The number of hydrogen-bond donors (Lipinski definition) is 0. The molecule has 0 aliphatic rings. The quantitative estimate of drug-likeness (QED) is 0.0262. The molecule has 0 saturated heterocycles. The summed E-state index contributed by atoms with van der Waals surface area (Å²) < 4.78 is 16.8. The van der Waals surface area contributed by atoms with Crippen LogP contribution in [0.5, 0.6) is 0 Å². The predicted molar refractivity (Wildman–Crippen MR) is 270 cm³/mol. The second-order valence-electron chi connectivity index (χ2n) is 19.2. The minimum atomic E-state index is -0.766. The van der Waals surface area contributed by atoms with Gasteiger partial charge in [-0.25, -0.2) is 0 Å². The fraction of sp³-hybridized carbons (Fsp3) is 0.912. The molecule has 0 fully saturated rings. The fourth-order valence-corrected chi connectivity index (χ4v) is 8.49. The van der Waals surface area contributed by atoms with Crippen LogP contribution in [0.1, 0.15) is 316 Å². The van der Waals surface area contributed by atoms with Crippen molar-refractivity contribution in [2.45, 2.75) is 322 Å². The van der Waals surface area contributed by atoms with E-state index >= 15 is 0 Å². The van der Waals surface area contributed by atoms with Gasteiger partial charge in [-0.3, -0.25) is 14.4 Å². The van der Waals surface area contributed by atoms with Crippen molar-refractivity contribution in [1.82, 2.24) is 0 Å². The first kappa shape index (κ1) is 61.1. The lowest BCUT2D eigenvalue weighted by molar-refractivity contribution is -0.167. The maximum Gasteiger partial charge on any atom is 0.306 e. The van der Waals surface area contributed by atoms with Crippen LogP contribution in [-0.2, 0) is 28.6 Å². The Morgan fingerprint density at radius 2 is 0.540 bits per heavy atom. The minimum Gasteiger partial charge on any atom is -0.462 e. The average Bonchev–Trinajstić information content (AvgIpc) is 3.28. The maximum atomic E-state index is 12.8. The summed E-state index contributed by atoms with van der Waals surface area (Å²) >= 11 is 0. The topological polar surface area (TPSA) is 78.9 Å². The summed E-state index contributed by atoms with van der Waals surface area (Å²) in [6, 6.07) is 0. The van der Waals surface area contributed by atoms with Crippen LogP contribution in [0.25, 0.3) is 0 Å². The minimum absolute atomic E-state index is 0.0670. The van der Waals surface area contributed by atoms with Gasteiger partial charge in [-0.05, 0) is 38.5 Å². The Bertz CT molecular complexity index is 978. The van der Waals surface area contributed by atoms with Crippen LogP contribution in [0, 0.1) is 0 Å². The number of unbranched alkanes of at least 4 members (excludes halogenated alkanes) is 39. The van der Waals surface area contributed by atoms with Gasteiger partial charge in [0.2, 0.25) is 0 Å². The summed E-state index contributed by atoms with van der Waals surface area (Å²) in [7, 11) is 0. The molecule has 0 aliphatic carbocycles. The highest BCUT2D eigenvalue weighted by Gasteiger charge is 2.19. The summed E-state index contributed by atoms with van der Waals surface area (Å²) in [5, 5.41) is 0. The zero-order chi connectivity index (χ0) is 45.8. The van der Waals surface area contributed by atoms with E-state index in [1.165, 1.54) is 212 Å². The Balaban J connectivity index is 4.24. The van der Waals surface area contributed by atoms with Crippen LogP contribution >= 0.6 is 0 Å². The van der Waals surface area contributed by atoms with E-state index in [0.29, 0.717) is 19.3 Å². The third-order valence-electron chi connectivity index (χ3n) is 12.8. The van der Waals surface area contributed by atoms with Crippen molar-refractivity contribution in [3.8, 4) is 0 Å². The predicted octanol–water partition coefficient (Wildman–Crippen LogP) is 18.5. The third-order valence-corrected chi connectivity index (χ3v) is 12.8. The monoisotopic (exact) mass is 889 g/mol. The van der Waals surface area contributed by atoms with Gasteiger partial charge in [-0.2, -0.15) is 0 Å². The highest BCUT2D eigenvalue weighted by Crippen LogP contribution is 2.17. The molecule has 0 aromatic rings. The van der Waals surface area contributed by atoms with Crippen LogP contribution < -0.4 is 0 Å². The molecule has 0 amide bonds. The van der Waals surface area contributed by atoms with Gasteiger partial charge >= 0.3 is 17.9 Å². The molecule has 0 aliphatic heterocycles. The molecule has 0 unspecified atom stereocenters. The van der Waals surface area contributed by atoms with Gasteiger partial charge in [-0.15, -0.1) is 0 Å². The second-order valence-corrected chi connectivity index (χ2v) is 19.2. The van der Waals surface area contributed by atoms with E-state index in [1.807, 2.05) is 0 Å². The summed E-state index contributed by atoms with van der Waals surface area (Å²) in [5.41, 5.74) is 0. The molecule has 0 heterocycles. The SMILES string of the molecule is CCCC/C=C\CCCCCCCC(=O)OC[C@H](COC(=O)CCCCCCCCCCCCCCC)OC(=O)CCCCCCCCCCCCCCCCCCCCCCC. The normalized spacial score (nSPS) is 12.0. The van der Waals surface area contributed by atoms with E-state index in [2.05, 4.69) is 32.9 Å². The van der Waals surface area contributed by atoms with Crippen molar-refractivity contribution >= 4 is 17.9 Å². The van der Waals surface area contributed by atoms with Gasteiger partial charge < -0.3 is 14.2 Å².